The van der Waals surface area contributed by atoms with Gasteiger partial charge in [0.05, 0.1) is 31.0 Å². The van der Waals surface area contributed by atoms with E-state index in [1.807, 2.05) is 29.2 Å². The molecule has 0 bridgehead atoms. The number of anilines is 1. The van der Waals surface area contributed by atoms with Gasteiger partial charge in [-0.2, -0.15) is 0 Å². The fourth-order valence-corrected chi connectivity index (χ4v) is 6.42. The van der Waals surface area contributed by atoms with E-state index in [2.05, 4.69) is 11.9 Å². The molecule has 42 heavy (non-hydrogen) atoms. The Morgan fingerprint density at radius 2 is 2.02 bits per heavy atom. The highest BCUT2D eigenvalue weighted by atomic mass is 16.5. The molecule has 3 atom stereocenters. The van der Waals surface area contributed by atoms with E-state index < -0.39 is 17.9 Å². The minimum absolute atomic E-state index is 0.0456. The molecule has 3 aliphatic heterocycles. The summed E-state index contributed by atoms with van der Waals surface area (Å²) in [6, 6.07) is 8.68. The van der Waals surface area contributed by atoms with Crippen LogP contribution < -0.4 is 9.64 Å². The van der Waals surface area contributed by atoms with Crippen LogP contribution in [0.2, 0.25) is 0 Å². The van der Waals surface area contributed by atoms with Crippen LogP contribution in [0, 0.1) is 5.92 Å². The number of aliphatic carboxylic acids is 1. The van der Waals surface area contributed by atoms with E-state index in [4.69, 9.17) is 4.74 Å². The van der Waals surface area contributed by atoms with E-state index in [0.29, 0.717) is 44.9 Å². The highest BCUT2D eigenvalue weighted by Crippen LogP contribution is 2.41. The minimum atomic E-state index is -0.927. The second-order valence-electron chi connectivity index (χ2n) is 11.3. The third-order valence-corrected chi connectivity index (χ3v) is 8.73. The molecule has 0 saturated carbocycles. The summed E-state index contributed by atoms with van der Waals surface area (Å²) in [6.07, 6.45) is 6.45. The molecule has 0 radical (unpaired) electrons. The smallest absolute Gasteiger partial charge is 0.326 e. The standard InChI is InChI=1S/C31H39N5O6/c1-3-4-13-36(23-6-5-12-32-18-23)28(38)20-35-19-24(21-7-8-26-22(17-21)11-16-42-26)29(30(39)40)25(35)9-14-34-15-10-27(37)33(2)31(34)41/h5-8,12,17-18,24-25,29H,3-4,9-11,13-16,19-20H2,1-2H3,(H,39,40). The quantitative estimate of drug-likeness (QED) is 0.433. The molecule has 2 aromatic rings. The summed E-state index contributed by atoms with van der Waals surface area (Å²) in [7, 11) is 1.47. The van der Waals surface area contributed by atoms with Crippen LogP contribution in [0.3, 0.4) is 0 Å². The van der Waals surface area contributed by atoms with Gasteiger partial charge in [0.25, 0.3) is 0 Å². The molecule has 11 heteroatoms. The number of aromatic nitrogens is 1. The van der Waals surface area contributed by atoms with Gasteiger partial charge >= 0.3 is 12.0 Å². The van der Waals surface area contributed by atoms with Gasteiger partial charge in [0.15, 0.2) is 0 Å². The lowest BCUT2D eigenvalue weighted by Crippen LogP contribution is -2.52. The van der Waals surface area contributed by atoms with Gasteiger partial charge in [0.1, 0.15) is 5.75 Å². The number of unbranched alkanes of at least 4 members (excludes halogenated alkanes) is 1. The molecule has 1 aromatic heterocycles. The van der Waals surface area contributed by atoms with Gasteiger partial charge in [-0.1, -0.05) is 25.5 Å². The number of benzene rings is 1. The number of nitrogens with zero attached hydrogens (tertiary/aromatic N) is 5. The third kappa shape index (κ3) is 6.11. The zero-order valence-electron chi connectivity index (χ0n) is 24.3. The fraction of sp³-hybridized carbons (Fsp3) is 0.516. The van der Waals surface area contributed by atoms with Gasteiger partial charge in [0, 0.05) is 64.2 Å². The van der Waals surface area contributed by atoms with Gasteiger partial charge in [-0.3, -0.25) is 29.2 Å². The number of urea groups is 1. The number of carbonyl (C=O) groups is 4. The van der Waals surface area contributed by atoms with Crippen molar-refractivity contribution in [2.24, 2.45) is 5.92 Å². The normalized spacial score (nSPS) is 22.3. The van der Waals surface area contributed by atoms with Crippen LogP contribution in [0.1, 0.15) is 49.7 Å². The summed E-state index contributed by atoms with van der Waals surface area (Å²) < 4.78 is 5.67. The van der Waals surface area contributed by atoms with Crippen LogP contribution in [0.15, 0.2) is 42.7 Å². The number of fused-ring (bicyclic) bond motifs is 1. The number of amides is 4. The Morgan fingerprint density at radius 3 is 2.76 bits per heavy atom. The van der Waals surface area contributed by atoms with Crippen LogP contribution >= 0.6 is 0 Å². The van der Waals surface area contributed by atoms with Crippen molar-refractivity contribution in [1.82, 2.24) is 19.7 Å². The van der Waals surface area contributed by atoms with Crippen molar-refractivity contribution in [2.75, 3.05) is 51.3 Å². The van der Waals surface area contributed by atoms with Crippen LogP contribution in [-0.4, -0.2) is 101 Å². The first kappa shape index (κ1) is 29.5. The summed E-state index contributed by atoms with van der Waals surface area (Å²) in [5, 5.41) is 10.5. The molecule has 224 valence electrons. The van der Waals surface area contributed by atoms with Crippen LogP contribution in [0.5, 0.6) is 5.75 Å². The van der Waals surface area contributed by atoms with Crippen LogP contribution in [0.25, 0.3) is 0 Å². The third-order valence-electron chi connectivity index (χ3n) is 8.73. The van der Waals surface area contributed by atoms with Crippen molar-refractivity contribution in [3.63, 3.8) is 0 Å². The van der Waals surface area contributed by atoms with Crippen molar-refractivity contribution in [3.05, 3.63) is 53.9 Å². The average Bonchev–Trinajstić information content (AvgIpc) is 3.60. The maximum Gasteiger partial charge on any atom is 0.326 e. The van der Waals surface area contributed by atoms with Gasteiger partial charge in [-0.05, 0) is 42.2 Å². The van der Waals surface area contributed by atoms with E-state index in [9.17, 15) is 24.3 Å². The molecule has 3 unspecified atom stereocenters. The second-order valence-corrected chi connectivity index (χ2v) is 11.3. The predicted octanol–water partition coefficient (Wildman–Crippen LogP) is 2.99. The zero-order chi connectivity index (χ0) is 29.8. The second kappa shape index (κ2) is 12.9. The highest BCUT2D eigenvalue weighted by molar-refractivity contribution is 5.96. The van der Waals surface area contributed by atoms with Gasteiger partial charge in [0.2, 0.25) is 11.8 Å². The molecule has 4 heterocycles. The molecule has 2 saturated heterocycles. The number of carboxylic acids is 1. The van der Waals surface area contributed by atoms with Gasteiger partial charge < -0.3 is 19.6 Å². The predicted molar refractivity (Wildman–Crippen MR) is 155 cm³/mol. The first-order valence-electron chi connectivity index (χ1n) is 14.8. The van der Waals surface area contributed by atoms with E-state index >= 15 is 0 Å². The number of imide groups is 1. The molecule has 5 rings (SSSR count). The summed E-state index contributed by atoms with van der Waals surface area (Å²) >= 11 is 0. The first-order chi connectivity index (χ1) is 20.3. The number of ether oxygens (including phenoxy) is 1. The van der Waals surface area contributed by atoms with E-state index in [1.54, 1.807) is 28.3 Å². The maximum absolute atomic E-state index is 13.8. The number of carboxylic acid groups (broad SMARTS) is 1. The lowest BCUT2D eigenvalue weighted by atomic mass is 9.83. The van der Waals surface area contributed by atoms with E-state index in [-0.39, 0.29) is 36.7 Å². The molecule has 1 N–H and O–H groups in total. The summed E-state index contributed by atoms with van der Waals surface area (Å²) in [5.74, 6) is -1.56. The Kier molecular flexibility index (Phi) is 9.06. The number of rotatable bonds is 11. The molecule has 0 aliphatic carbocycles. The number of hydrogen-bond acceptors (Lipinski definition) is 7. The molecule has 4 amide bonds. The molecule has 1 aromatic carbocycles. The molecular weight excluding hydrogens is 538 g/mol. The SMILES string of the molecule is CCCCN(C(=O)CN1CC(c2ccc3c(c2)CCO3)C(C(=O)O)C1CCN1CCC(=O)N(C)C1=O)c1cccnc1. The topological polar surface area (TPSA) is 124 Å². The number of pyridine rings is 1. The summed E-state index contributed by atoms with van der Waals surface area (Å²) in [6.45, 7) is 4.25. The average molecular weight is 578 g/mol. The number of likely N-dealkylation sites (tertiary alicyclic amines) is 1. The number of carbonyl (C=O) groups excluding carboxylic acids is 3. The Bertz CT molecular complexity index is 1320. The summed E-state index contributed by atoms with van der Waals surface area (Å²) in [4.78, 5) is 62.1. The van der Waals surface area contributed by atoms with Gasteiger partial charge in [-0.25, -0.2) is 4.79 Å². The summed E-state index contributed by atoms with van der Waals surface area (Å²) in [5.41, 5.74) is 2.70. The van der Waals surface area contributed by atoms with Crippen molar-refractivity contribution < 1.29 is 29.0 Å². The minimum Gasteiger partial charge on any atom is -0.493 e. The highest BCUT2D eigenvalue weighted by Gasteiger charge is 2.47. The Hall–Kier alpha value is -3.99. The maximum atomic E-state index is 13.8. The monoisotopic (exact) mass is 577 g/mol. The Labute approximate surface area is 246 Å². The molecule has 11 nitrogen and oxygen atoms in total. The van der Waals surface area contributed by atoms with Crippen molar-refractivity contribution in [3.8, 4) is 5.75 Å². The van der Waals surface area contributed by atoms with E-state index in [0.717, 1.165) is 41.0 Å². The lowest BCUT2D eigenvalue weighted by molar-refractivity contribution is -0.143. The fourth-order valence-electron chi connectivity index (χ4n) is 6.42. The Morgan fingerprint density at radius 1 is 1.19 bits per heavy atom. The van der Waals surface area contributed by atoms with Crippen molar-refractivity contribution >= 4 is 29.5 Å². The Balaban J connectivity index is 1.42. The largest absolute Gasteiger partial charge is 0.493 e. The zero-order valence-corrected chi connectivity index (χ0v) is 24.3. The van der Waals surface area contributed by atoms with Crippen LogP contribution in [0.4, 0.5) is 10.5 Å². The first-order valence-corrected chi connectivity index (χ1v) is 14.8. The molecule has 2 fully saturated rings. The van der Waals surface area contributed by atoms with E-state index in [1.165, 1.54) is 7.05 Å². The molecule has 0 spiro atoms. The van der Waals surface area contributed by atoms with Gasteiger partial charge in [-0.15, -0.1) is 0 Å². The number of hydrogen-bond donors (Lipinski definition) is 1. The molecule has 3 aliphatic rings. The van der Waals surface area contributed by atoms with Crippen LogP contribution in [-0.2, 0) is 20.8 Å². The lowest BCUT2D eigenvalue weighted by Gasteiger charge is -2.34. The van der Waals surface area contributed by atoms with Crippen molar-refractivity contribution in [2.45, 2.75) is 51.0 Å². The molecular formula is C31H39N5O6. The van der Waals surface area contributed by atoms with Crippen molar-refractivity contribution in [1.29, 1.82) is 0 Å².